The number of rotatable bonds is 5. The van der Waals surface area contributed by atoms with Gasteiger partial charge < -0.3 is 18.8 Å². The lowest BCUT2D eigenvalue weighted by molar-refractivity contribution is -0.127. The highest BCUT2D eigenvalue weighted by Crippen LogP contribution is 2.39. The largest absolute Gasteiger partial charge is 0.494 e. The third-order valence-electron chi connectivity index (χ3n) is 6.15. The Balaban J connectivity index is 1.55. The standard InChI is InChI=1S/C23H18FN3O7/c1-32-14-4-3-11-9-27(20(29)18(11)19(14)24)10-23(7-17(28)26-22(23)31)16-6-13-15(34-16)5-12(8-25-13)21(30)33-2/h3-6,8H,7,9-10H2,1-2H3,(H,26,28,31)/t23-/m1/s1. The van der Waals surface area contributed by atoms with Crippen LogP contribution in [0, 0.1) is 5.82 Å². The Kier molecular flexibility index (Phi) is 4.85. The molecule has 1 N–H and O–H groups in total. The number of aromatic nitrogens is 1. The van der Waals surface area contributed by atoms with Crippen molar-refractivity contribution < 1.29 is 37.5 Å². The van der Waals surface area contributed by atoms with Crippen LogP contribution in [0.3, 0.4) is 0 Å². The van der Waals surface area contributed by atoms with Crippen LogP contribution in [0.1, 0.15) is 38.5 Å². The van der Waals surface area contributed by atoms with Crippen molar-refractivity contribution in [1.82, 2.24) is 15.2 Å². The Hall–Kier alpha value is -4.28. The van der Waals surface area contributed by atoms with E-state index in [9.17, 15) is 23.6 Å². The maximum atomic E-state index is 14.8. The highest BCUT2D eigenvalue weighted by Gasteiger charge is 2.53. The Labute approximate surface area is 191 Å². The van der Waals surface area contributed by atoms with E-state index in [2.05, 4.69) is 15.0 Å². The minimum absolute atomic E-state index is 0.0449. The Morgan fingerprint density at radius 2 is 2.06 bits per heavy atom. The van der Waals surface area contributed by atoms with Gasteiger partial charge in [-0.2, -0.15) is 0 Å². The molecule has 0 radical (unpaired) electrons. The lowest BCUT2D eigenvalue weighted by Gasteiger charge is -2.28. The number of carbonyl (C=O) groups is 4. The quantitative estimate of drug-likeness (QED) is 0.444. The van der Waals surface area contributed by atoms with Gasteiger partial charge in [-0.3, -0.25) is 24.7 Å². The van der Waals surface area contributed by atoms with Crippen molar-refractivity contribution in [3.05, 3.63) is 58.7 Å². The fourth-order valence-corrected chi connectivity index (χ4v) is 4.44. The number of nitrogens with zero attached hydrogens (tertiary/aromatic N) is 2. The number of hydrogen-bond acceptors (Lipinski definition) is 8. The SMILES string of the molecule is COC(=O)c1cnc2cc([C@]3(CN4Cc5ccc(OC)c(F)c5C4=O)CC(=O)NC3=O)oc2c1. The van der Waals surface area contributed by atoms with Gasteiger partial charge in [-0.05, 0) is 17.7 Å². The molecule has 3 amide bonds. The number of fused-ring (bicyclic) bond motifs is 2. The van der Waals surface area contributed by atoms with Crippen molar-refractivity contribution in [2.45, 2.75) is 18.4 Å². The van der Waals surface area contributed by atoms with E-state index >= 15 is 0 Å². The van der Waals surface area contributed by atoms with Crippen LogP contribution in [0.2, 0.25) is 0 Å². The van der Waals surface area contributed by atoms with E-state index in [1.165, 1.54) is 43.5 Å². The normalized spacial score (nSPS) is 19.5. The zero-order valence-corrected chi connectivity index (χ0v) is 18.1. The topological polar surface area (TPSA) is 128 Å². The van der Waals surface area contributed by atoms with Gasteiger partial charge >= 0.3 is 5.97 Å². The summed E-state index contributed by atoms with van der Waals surface area (Å²) in [7, 11) is 2.53. The van der Waals surface area contributed by atoms with Crippen LogP contribution in [0.25, 0.3) is 11.1 Å². The molecule has 2 aliphatic heterocycles. The third-order valence-corrected chi connectivity index (χ3v) is 6.15. The molecule has 1 atom stereocenters. The van der Waals surface area contributed by atoms with Crippen LogP contribution in [0.5, 0.6) is 5.75 Å². The van der Waals surface area contributed by atoms with Gasteiger partial charge in [-0.15, -0.1) is 0 Å². The number of imide groups is 1. The molecule has 0 saturated carbocycles. The zero-order chi connectivity index (χ0) is 24.2. The number of furan rings is 1. The summed E-state index contributed by atoms with van der Waals surface area (Å²) in [6.45, 7) is -0.188. The molecule has 0 unspecified atom stereocenters. The summed E-state index contributed by atoms with van der Waals surface area (Å²) >= 11 is 0. The second-order valence-corrected chi connectivity index (χ2v) is 8.12. The number of amides is 3. The first-order valence-corrected chi connectivity index (χ1v) is 10.2. The number of methoxy groups -OCH3 is 2. The molecule has 2 aromatic heterocycles. The number of hydrogen-bond donors (Lipinski definition) is 1. The van der Waals surface area contributed by atoms with Gasteiger partial charge in [-0.1, -0.05) is 6.07 Å². The summed E-state index contributed by atoms with van der Waals surface area (Å²) < 4.78 is 30.3. The molecular formula is C23H18FN3O7. The van der Waals surface area contributed by atoms with Crippen LogP contribution >= 0.6 is 0 Å². The van der Waals surface area contributed by atoms with Crippen LogP contribution in [0.4, 0.5) is 4.39 Å². The lowest BCUT2D eigenvalue weighted by Crippen LogP contribution is -2.46. The van der Waals surface area contributed by atoms with E-state index in [0.29, 0.717) is 11.1 Å². The summed E-state index contributed by atoms with van der Waals surface area (Å²) in [5.41, 5.74) is -0.546. The molecular weight excluding hydrogens is 449 g/mol. The minimum atomic E-state index is -1.55. The summed E-state index contributed by atoms with van der Waals surface area (Å²) in [4.78, 5) is 55.6. The first-order valence-electron chi connectivity index (χ1n) is 10.2. The number of nitrogens with one attached hydrogen (secondary N) is 1. The fourth-order valence-electron chi connectivity index (χ4n) is 4.44. The van der Waals surface area contributed by atoms with E-state index < -0.39 is 34.9 Å². The number of carbonyl (C=O) groups excluding carboxylic acids is 4. The number of halogens is 1. The molecule has 10 nitrogen and oxygen atoms in total. The van der Waals surface area contributed by atoms with Gasteiger partial charge in [0.1, 0.15) is 16.7 Å². The lowest BCUT2D eigenvalue weighted by atomic mass is 9.82. The van der Waals surface area contributed by atoms with Gasteiger partial charge in [0.2, 0.25) is 11.8 Å². The summed E-state index contributed by atoms with van der Waals surface area (Å²) in [6, 6.07) is 5.92. The molecule has 174 valence electrons. The molecule has 11 heteroatoms. The Bertz CT molecular complexity index is 1400. The van der Waals surface area contributed by atoms with Crippen LogP contribution < -0.4 is 10.1 Å². The van der Waals surface area contributed by atoms with E-state index in [-0.39, 0.29) is 47.7 Å². The highest BCUT2D eigenvalue weighted by atomic mass is 19.1. The van der Waals surface area contributed by atoms with Crippen molar-refractivity contribution in [2.75, 3.05) is 20.8 Å². The number of esters is 1. The molecule has 2 aliphatic rings. The summed E-state index contributed by atoms with van der Waals surface area (Å²) in [5.74, 6) is -3.17. The predicted octanol–water partition coefficient (Wildman–Crippen LogP) is 1.70. The van der Waals surface area contributed by atoms with E-state index in [1.54, 1.807) is 6.07 Å². The summed E-state index contributed by atoms with van der Waals surface area (Å²) in [6.07, 6.45) is 1.03. The van der Waals surface area contributed by atoms with Crippen molar-refractivity contribution in [1.29, 1.82) is 0 Å². The van der Waals surface area contributed by atoms with Crippen molar-refractivity contribution in [3.63, 3.8) is 0 Å². The monoisotopic (exact) mass is 467 g/mol. The molecule has 3 aromatic rings. The molecule has 34 heavy (non-hydrogen) atoms. The Morgan fingerprint density at radius 1 is 1.26 bits per heavy atom. The van der Waals surface area contributed by atoms with Gasteiger partial charge in [0.15, 0.2) is 17.1 Å². The maximum Gasteiger partial charge on any atom is 0.339 e. The molecule has 0 aliphatic carbocycles. The van der Waals surface area contributed by atoms with E-state index in [4.69, 9.17) is 9.15 Å². The molecule has 1 aromatic carbocycles. The average Bonchev–Trinajstić information content (AvgIpc) is 3.47. The fraction of sp³-hybridized carbons (Fsp3) is 0.261. The van der Waals surface area contributed by atoms with Crippen LogP contribution in [-0.4, -0.2) is 54.3 Å². The second-order valence-electron chi connectivity index (χ2n) is 8.12. The second kappa shape index (κ2) is 7.65. The third kappa shape index (κ3) is 3.11. The number of benzene rings is 1. The van der Waals surface area contributed by atoms with Crippen molar-refractivity contribution >= 4 is 34.8 Å². The van der Waals surface area contributed by atoms with Gasteiger partial charge in [0.25, 0.3) is 5.91 Å². The molecule has 1 fully saturated rings. The minimum Gasteiger partial charge on any atom is -0.494 e. The first kappa shape index (κ1) is 21.6. The van der Waals surface area contributed by atoms with Crippen molar-refractivity contribution in [3.8, 4) is 5.75 Å². The first-order chi connectivity index (χ1) is 16.3. The highest BCUT2D eigenvalue weighted by molar-refractivity contribution is 6.10. The molecule has 4 heterocycles. The van der Waals surface area contributed by atoms with E-state index in [1.807, 2.05) is 0 Å². The number of ether oxygens (including phenoxy) is 2. The maximum absolute atomic E-state index is 14.8. The molecule has 0 spiro atoms. The molecule has 0 bridgehead atoms. The molecule has 1 saturated heterocycles. The van der Waals surface area contributed by atoms with Crippen LogP contribution in [-0.2, 0) is 26.3 Å². The smallest absolute Gasteiger partial charge is 0.339 e. The van der Waals surface area contributed by atoms with Crippen molar-refractivity contribution in [2.24, 2.45) is 0 Å². The summed E-state index contributed by atoms with van der Waals surface area (Å²) in [5, 5.41) is 2.26. The molecule has 5 rings (SSSR count). The van der Waals surface area contributed by atoms with Gasteiger partial charge in [-0.25, -0.2) is 9.18 Å². The van der Waals surface area contributed by atoms with E-state index in [0.717, 1.165) is 0 Å². The number of pyridine rings is 1. The predicted molar refractivity (Wildman–Crippen MR) is 112 cm³/mol. The zero-order valence-electron chi connectivity index (χ0n) is 18.1. The average molecular weight is 467 g/mol. The van der Waals surface area contributed by atoms with Gasteiger partial charge in [0.05, 0.1) is 31.8 Å². The van der Waals surface area contributed by atoms with Crippen LogP contribution in [0.15, 0.2) is 34.9 Å². The Morgan fingerprint density at radius 3 is 2.74 bits per heavy atom. The van der Waals surface area contributed by atoms with Gasteiger partial charge in [0, 0.05) is 25.4 Å².